The molecular weight excluding hydrogens is 249 g/mol. The fourth-order valence-corrected chi connectivity index (χ4v) is 2.82. The average Bonchev–Trinajstić information content (AvgIpc) is 2.66. The van der Waals surface area contributed by atoms with Crippen molar-refractivity contribution in [2.75, 3.05) is 7.05 Å². The number of allylic oxidation sites excluding steroid dienone is 2. The van der Waals surface area contributed by atoms with Crippen LogP contribution in [0.3, 0.4) is 0 Å². The topological polar surface area (TPSA) is 3.24 Å². The van der Waals surface area contributed by atoms with E-state index in [1.165, 1.54) is 6.08 Å². The van der Waals surface area contributed by atoms with Gasteiger partial charge in [0.1, 0.15) is 5.83 Å². The monoisotopic (exact) mass is 261 g/mol. The van der Waals surface area contributed by atoms with Gasteiger partial charge in [-0.2, -0.15) is 0 Å². The summed E-state index contributed by atoms with van der Waals surface area (Å²) in [6, 6.07) is 7.91. The number of benzene rings is 1. The Morgan fingerprint density at radius 1 is 1.33 bits per heavy atom. The summed E-state index contributed by atoms with van der Waals surface area (Å²) in [6.45, 7) is 0. The summed E-state index contributed by atoms with van der Waals surface area (Å²) in [5.41, 5.74) is 2.17. The Kier molecular flexibility index (Phi) is 2.75. The minimum absolute atomic E-state index is 0.0680. The molecule has 3 rings (SSSR count). The summed E-state index contributed by atoms with van der Waals surface area (Å²) in [5, 5.41) is 0.704. The molecule has 92 valence electrons. The first-order valence-electron chi connectivity index (χ1n) is 5.90. The molecule has 0 bridgehead atoms. The van der Waals surface area contributed by atoms with Crippen LogP contribution >= 0.6 is 11.6 Å². The van der Waals surface area contributed by atoms with Crippen LogP contribution < -0.4 is 0 Å². The molecule has 18 heavy (non-hydrogen) atoms. The molecule has 2 aliphatic rings. The van der Waals surface area contributed by atoms with E-state index in [1.54, 1.807) is 6.08 Å². The van der Waals surface area contributed by atoms with Crippen LogP contribution in [-0.2, 0) is 0 Å². The van der Waals surface area contributed by atoms with Crippen molar-refractivity contribution < 1.29 is 4.39 Å². The van der Waals surface area contributed by atoms with Crippen LogP contribution in [0.2, 0.25) is 5.02 Å². The zero-order valence-corrected chi connectivity index (χ0v) is 10.7. The number of nitrogens with zero attached hydrogens (tertiary/aromatic N) is 1. The Morgan fingerprint density at radius 3 is 2.94 bits per heavy atom. The highest BCUT2D eigenvalue weighted by atomic mass is 35.5. The van der Waals surface area contributed by atoms with E-state index in [-0.39, 0.29) is 17.8 Å². The molecular formula is C15H13ClFN. The number of hydrogen-bond donors (Lipinski definition) is 0. The van der Waals surface area contributed by atoms with Gasteiger partial charge in [0.05, 0.1) is 6.04 Å². The lowest BCUT2D eigenvalue weighted by Gasteiger charge is -2.24. The Balaban J connectivity index is 2.03. The molecule has 0 amide bonds. The van der Waals surface area contributed by atoms with Crippen molar-refractivity contribution in [2.45, 2.75) is 6.04 Å². The predicted octanol–water partition coefficient (Wildman–Crippen LogP) is 4.03. The highest BCUT2D eigenvalue weighted by Gasteiger charge is 2.33. The number of likely N-dealkylation sites (N-methyl/N-ethyl adjacent to an activating group) is 1. The van der Waals surface area contributed by atoms with Crippen LogP contribution in [0.4, 0.5) is 4.39 Å². The summed E-state index contributed by atoms with van der Waals surface area (Å²) < 4.78 is 13.4. The van der Waals surface area contributed by atoms with Gasteiger partial charge in [-0.05, 0) is 35.4 Å². The van der Waals surface area contributed by atoms with Gasteiger partial charge >= 0.3 is 0 Å². The van der Waals surface area contributed by atoms with Crippen LogP contribution in [0.5, 0.6) is 0 Å². The molecule has 0 fully saturated rings. The highest BCUT2D eigenvalue weighted by molar-refractivity contribution is 6.30. The predicted molar refractivity (Wildman–Crippen MR) is 72.8 cm³/mol. The summed E-state index contributed by atoms with van der Waals surface area (Å²) >= 11 is 6.02. The van der Waals surface area contributed by atoms with Crippen molar-refractivity contribution in [3.63, 3.8) is 0 Å². The van der Waals surface area contributed by atoms with Crippen LogP contribution in [-0.4, -0.2) is 18.0 Å². The van der Waals surface area contributed by atoms with Gasteiger partial charge in [-0.15, -0.1) is 0 Å². The van der Waals surface area contributed by atoms with E-state index in [2.05, 4.69) is 11.1 Å². The van der Waals surface area contributed by atoms with Crippen molar-refractivity contribution >= 4 is 17.2 Å². The minimum Gasteiger partial charge on any atom is -0.373 e. The third-order valence-corrected chi connectivity index (χ3v) is 3.72. The zero-order valence-electron chi connectivity index (χ0n) is 9.98. The van der Waals surface area contributed by atoms with E-state index in [0.717, 1.165) is 11.1 Å². The quantitative estimate of drug-likeness (QED) is 0.738. The molecule has 0 spiro atoms. The number of halogens is 2. The first kappa shape index (κ1) is 11.5. The minimum atomic E-state index is -0.167. The van der Waals surface area contributed by atoms with Gasteiger partial charge in [0.25, 0.3) is 0 Å². The van der Waals surface area contributed by atoms with E-state index in [1.807, 2.05) is 37.4 Å². The van der Waals surface area contributed by atoms with E-state index >= 15 is 0 Å². The summed E-state index contributed by atoms with van der Waals surface area (Å²) in [7, 11) is 2.01. The molecule has 1 aliphatic carbocycles. The van der Waals surface area contributed by atoms with Crippen molar-refractivity contribution in [3.8, 4) is 0 Å². The molecule has 1 aromatic rings. The Morgan fingerprint density at radius 2 is 2.17 bits per heavy atom. The van der Waals surface area contributed by atoms with Crippen LogP contribution in [0, 0.1) is 5.92 Å². The molecule has 1 heterocycles. The molecule has 1 aliphatic heterocycles. The van der Waals surface area contributed by atoms with Gasteiger partial charge in [0.15, 0.2) is 0 Å². The molecule has 1 aromatic carbocycles. The molecule has 3 heteroatoms. The highest BCUT2D eigenvalue weighted by Crippen LogP contribution is 2.39. The van der Waals surface area contributed by atoms with Gasteiger partial charge in [-0.3, -0.25) is 0 Å². The van der Waals surface area contributed by atoms with Crippen molar-refractivity contribution in [3.05, 3.63) is 65.1 Å². The van der Waals surface area contributed by atoms with Crippen LogP contribution in [0.15, 0.2) is 54.5 Å². The van der Waals surface area contributed by atoms with E-state index in [4.69, 9.17) is 11.6 Å². The number of rotatable bonds is 1. The molecule has 1 nitrogen and oxygen atoms in total. The first-order valence-corrected chi connectivity index (χ1v) is 6.28. The summed E-state index contributed by atoms with van der Waals surface area (Å²) in [4.78, 5) is 2.11. The maximum atomic E-state index is 13.4. The number of fused-ring (bicyclic) bond motifs is 1. The zero-order chi connectivity index (χ0) is 12.7. The van der Waals surface area contributed by atoms with Crippen molar-refractivity contribution in [1.29, 1.82) is 0 Å². The average molecular weight is 262 g/mol. The second-order valence-corrected chi connectivity index (χ2v) is 5.12. The normalized spacial score (nSPS) is 25.8. The molecule has 2 atom stereocenters. The van der Waals surface area contributed by atoms with E-state index in [0.29, 0.717) is 5.02 Å². The van der Waals surface area contributed by atoms with Gasteiger partial charge < -0.3 is 4.90 Å². The van der Waals surface area contributed by atoms with Crippen molar-refractivity contribution in [1.82, 2.24) is 4.90 Å². The third-order valence-electron chi connectivity index (χ3n) is 3.49. The Labute approximate surface area is 111 Å². The fraction of sp³-hybridized carbons (Fsp3) is 0.200. The summed E-state index contributed by atoms with van der Waals surface area (Å²) in [5.74, 6) is -0.0991. The first-order chi connectivity index (χ1) is 8.65. The fourth-order valence-electron chi connectivity index (χ4n) is 2.63. The second-order valence-electron chi connectivity index (χ2n) is 4.69. The second kappa shape index (κ2) is 4.29. The smallest absolute Gasteiger partial charge is 0.119 e. The molecule has 0 radical (unpaired) electrons. The molecule has 0 saturated carbocycles. The Hall–Kier alpha value is -1.54. The van der Waals surface area contributed by atoms with Gasteiger partial charge in [-0.25, -0.2) is 4.39 Å². The lowest BCUT2D eigenvalue weighted by atomic mass is 9.87. The van der Waals surface area contributed by atoms with E-state index < -0.39 is 0 Å². The van der Waals surface area contributed by atoms with E-state index in [9.17, 15) is 4.39 Å². The standard InChI is InChI=1S/C15H13ClFN/c1-18-9-14(10-3-2-4-11(16)7-10)13-8-12(17)5-6-15(13)18/h2-9,13,15H,1H3. The molecule has 0 N–H and O–H groups in total. The van der Waals surface area contributed by atoms with Crippen LogP contribution in [0.25, 0.3) is 5.57 Å². The Bertz CT molecular complexity index is 574. The molecule has 2 unspecified atom stereocenters. The largest absolute Gasteiger partial charge is 0.373 e. The maximum absolute atomic E-state index is 13.4. The van der Waals surface area contributed by atoms with Gasteiger partial charge in [0.2, 0.25) is 0 Å². The maximum Gasteiger partial charge on any atom is 0.119 e. The van der Waals surface area contributed by atoms with Crippen LogP contribution in [0.1, 0.15) is 5.56 Å². The van der Waals surface area contributed by atoms with Gasteiger partial charge in [0, 0.05) is 24.2 Å². The lowest BCUT2D eigenvalue weighted by molar-refractivity contribution is 0.377. The van der Waals surface area contributed by atoms with Gasteiger partial charge in [-0.1, -0.05) is 29.8 Å². The lowest BCUT2D eigenvalue weighted by Crippen LogP contribution is -2.27. The molecule has 0 saturated heterocycles. The SMILES string of the molecule is CN1C=C(c2cccc(Cl)c2)C2C=C(F)C=CC21. The number of hydrogen-bond acceptors (Lipinski definition) is 1. The third kappa shape index (κ3) is 1.87. The van der Waals surface area contributed by atoms with Crippen molar-refractivity contribution in [2.24, 2.45) is 5.92 Å². The molecule has 0 aromatic heterocycles. The summed E-state index contributed by atoms with van der Waals surface area (Å²) in [6.07, 6.45) is 7.20.